The first-order valence-corrected chi connectivity index (χ1v) is 14.5. The van der Waals surface area contributed by atoms with E-state index in [4.69, 9.17) is 4.74 Å². The van der Waals surface area contributed by atoms with E-state index in [0.717, 1.165) is 18.4 Å². The summed E-state index contributed by atoms with van der Waals surface area (Å²) in [6, 6.07) is 0. The molecule has 0 aromatic carbocycles. The van der Waals surface area contributed by atoms with Gasteiger partial charge in [-0.05, 0) is 75.3 Å². The van der Waals surface area contributed by atoms with E-state index >= 15 is 0 Å². The Labute approximate surface area is 196 Å². The number of ether oxygens (including phenoxy) is 1. The fourth-order valence-corrected chi connectivity index (χ4v) is 6.34. The number of likely N-dealkylation sites (tertiary alicyclic amines) is 1. The van der Waals surface area contributed by atoms with Crippen LogP contribution >= 0.6 is 0 Å². The first-order valence-electron chi connectivity index (χ1n) is 14.5. The summed E-state index contributed by atoms with van der Waals surface area (Å²) in [6.07, 6.45) is 24.2. The molecule has 2 rings (SSSR count). The van der Waals surface area contributed by atoms with Gasteiger partial charge in [0.05, 0.1) is 6.10 Å². The number of hydrogen-bond donors (Lipinski definition) is 0. The Morgan fingerprint density at radius 1 is 0.710 bits per heavy atom. The summed E-state index contributed by atoms with van der Waals surface area (Å²) in [5.74, 6) is 1.84. The highest BCUT2D eigenvalue weighted by atomic mass is 16.5. The van der Waals surface area contributed by atoms with Gasteiger partial charge in [0, 0.05) is 13.2 Å². The molecule has 1 aliphatic carbocycles. The molecule has 2 nitrogen and oxygen atoms in total. The predicted octanol–water partition coefficient (Wildman–Crippen LogP) is 8.63. The number of unbranched alkanes of at least 4 members (excludes halogenated alkanes) is 4. The second-order valence-corrected chi connectivity index (χ2v) is 11.3. The van der Waals surface area contributed by atoms with Crippen LogP contribution in [0.1, 0.15) is 137 Å². The molecule has 1 heterocycles. The lowest BCUT2D eigenvalue weighted by molar-refractivity contribution is -0.108. The zero-order chi connectivity index (χ0) is 22.4. The van der Waals surface area contributed by atoms with Gasteiger partial charge in [-0.3, -0.25) is 0 Å². The van der Waals surface area contributed by atoms with E-state index in [9.17, 15) is 0 Å². The summed E-state index contributed by atoms with van der Waals surface area (Å²) in [5, 5.41) is 0. The van der Waals surface area contributed by atoms with Crippen LogP contribution in [0.25, 0.3) is 0 Å². The molecule has 184 valence electrons. The average molecular weight is 436 g/mol. The molecular weight excluding hydrogens is 378 g/mol. The van der Waals surface area contributed by atoms with Crippen molar-refractivity contribution in [1.82, 2.24) is 4.90 Å². The highest BCUT2D eigenvalue weighted by molar-refractivity contribution is 4.98. The minimum Gasteiger partial charge on any atom is -0.378 e. The Kier molecular flexibility index (Phi) is 13.8. The van der Waals surface area contributed by atoms with E-state index in [1.807, 2.05) is 0 Å². The second kappa shape index (κ2) is 15.7. The summed E-state index contributed by atoms with van der Waals surface area (Å²) in [6.45, 7) is 14.4. The Hall–Kier alpha value is -0.0800. The van der Waals surface area contributed by atoms with Gasteiger partial charge in [-0.15, -0.1) is 0 Å². The van der Waals surface area contributed by atoms with E-state index in [1.54, 1.807) is 0 Å². The van der Waals surface area contributed by atoms with Crippen LogP contribution in [0.4, 0.5) is 0 Å². The lowest BCUT2D eigenvalue weighted by Crippen LogP contribution is -2.50. The fourth-order valence-electron chi connectivity index (χ4n) is 6.34. The molecule has 1 saturated carbocycles. The zero-order valence-corrected chi connectivity index (χ0v) is 21.9. The van der Waals surface area contributed by atoms with Crippen molar-refractivity contribution >= 4 is 0 Å². The molecule has 0 radical (unpaired) electrons. The second-order valence-electron chi connectivity index (χ2n) is 11.3. The highest BCUT2D eigenvalue weighted by Gasteiger charge is 2.46. The van der Waals surface area contributed by atoms with Crippen molar-refractivity contribution in [1.29, 1.82) is 0 Å². The molecule has 0 bridgehead atoms. The van der Waals surface area contributed by atoms with Crippen LogP contribution in [0.3, 0.4) is 0 Å². The van der Waals surface area contributed by atoms with Crippen LogP contribution in [0.15, 0.2) is 0 Å². The minimum atomic E-state index is 0.575. The van der Waals surface area contributed by atoms with Crippen molar-refractivity contribution in [3.05, 3.63) is 0 Å². The van der Waals surface area contributed by atoms with Crippen molar-refractivity contribution in [3.8, 4) is 0 Å². The van der Waals surface area contributed by atoms with Crippen molar-refractivity contribution in [2.45, 2.75) is 143 Å². The Bertz CT molecular complexity index is 420. The third-order valence-corrected chi connectivity index (χ3v) is 8.46. The largest absolute Gasteiger partial charge is 0.378 e. The quantitative estimate of drug-likeness (QED) is 0.200. The molecule has 2 fully saturated rings. The van der Waals surface area contributed by atoms with Crippen molar-refractivity contribution in [3.63, 3.8) is 0 Å². The van der Waals surface area contributed by atoms with Crippen LogP contribution in [0.2, 0.25) is 0 Å². The van der Waals surface area contributed by atoms with Gasteiger partial charge < -0.3 is 9.64 Å². The van der Waals surface area contributed by atoms with Crippen molar-refractivity contribution < 1.29 is 4.74 Å². The average Bonchev–Trinajstić information content (AvgIpc) is 2.75. The van der Waals surface area contributed by atoms with Gasteiger partial charge in [0.1, 0.15) is 0 Å². The van der Waals surface area contributed by atoms with Crippen molar-refractivity contribution in [2.75, 3.05) is 26.2 Å². The zero-order valence-electron chi connectivity index (χ0n) is 21.9. The van der Waals surface area contributed by atoms with E-state index in [1.165, 1.54) is 129 Å². The Morgan fingerprint density at radius 3 is 2.00 bits per heavy atom. The maximum absolute atomic E-state index is 6.34. The van der Waals surface area contributed by atoms with E-state index < -0.39 is 0 Å². The third-order valence-electron chi connectivity index (χ3n) is 8.46. The van der Waals surface area contributed by atoms with E-state index in [-0.39, 0.29) is 0 Å². The summed E-state index contributed by atoms with van der Waals surface area (Å²) in [7, 11) is 0. The first-order chi connectivity index (χ1) is 15.1. The number of rotatable bonds is 18. The number of piperidine rings is 1. The normalized spacial score (nSPS) is 21.3. The highest BCUT2D eigenvalue weighted by Crippen LogP contribution is 2.50. The maximum atomic E-state index is 6.34. The molecule has 2 unspecified atom stereocenters. The summed E-state index contributed by atoms with van der Waals surface area (Å²) in [4.78, 5) is 2.81. The smallest absolute Gasteiger partial charge is 0.0585 e. The lowest BCUT2D eigenvalue weighted by Gasteiger charge is -2.52. The fraction of sp³-hybridized carbons (Fsp3) is 1.00. The van der Waals surface area contributed by atoms with Crippen LogP contribution in [-0.2, 0) is 4.74 Å². The lowest BCUT2D eigenvalue weighted by atomic mass is 9.61. The molecular formula is C29H57NO. The van der Waals surface area contributed by atoms with Gasteiger partial charge in [-0.25, -0.2) is 0 Å². The van der Waals surface area contributed by atoms with Gasteiger partial charge in [0.2, 0.25) is 0 Å². The first kappa shape index (κ1) is 27.2. The van der Waals surface area contributed by atoms with Gasteiger partial charge in [-0.1, -0.05) is 91.9 Å². The SMILES string of the molecule is CCCCCCC(CCC)CN1CCC2(CC1)CC(OCCC(CCC)CCCC)C2. The topological polar surface area (TPSA) is 12.5 Å². The number of hydrogen-bond acceptors (Lipinski definition) is 2. The van der Waals surface area contributed by atoms with Gasteiger partial charge >= 0.3 is 0 Å². The Morgan fingerprint density at radius 2 is 1.35 bits per heavy atom. The monoisotopic (exact) mass is 435 g/mol. The molecule has 2 heteroatoms. The van der Waals surface area contributed by atoms with Crippen molar-refractivity contribution in [2.24, 2.45) is 17.3 Å². The molecule has 0 aromatic rings. The summed E-state index contributed by atoms with van der Waals surface area (Å²) < 4.78 is 6.34. The molecule has 0 amide bonds. The summed E-state index contributed by atoms with van der Waals surface area (Å²) >= 11 is 0. The molecule has 2 atom stereocenters. The van der Waals surface area contributed by atoms with Gasteiger partial charge in [-0.2, -0.15) is 0 Å². The summed E-state index contributed by atoms with van der Waals surface area (Å²) in [5.41, 5.74) is 0.646. The third kappa shape index (κ3) is 10.2. The standard InChI is InChI=1S/C29H57NO/c1-5-9-11-12-16-27(14-8-4)25-30-20-18-29(19-21-30)23-28(24-29)31-22-17-26(13-7-3)15-10-6-2/h26-28H,5-25H2,1-4H3. The molecule has 31 heavy (non-hydrogen) atoms. The molecule has 0 aromatic heterocycles. The van der Waals surface area contributed by atoms with E-state index in [2.05, 4.69) is 32.6 Å². The van der Waals surface area contributed by atoms with Crippen LogP contribution in [0.5, 0.6) is 0 Å². The molecule has 1 spiro atoms. The maximum Gasteiger partial charge on any atom is 0.0585 e. The predicted molar refractivity (Wildman–Crippen MR) is 137 cm³/mol. The van der Waals surface area contributed by atoms with Gasteiger partial charge in [0.25, 0.3) is 0 Å². The minimum absolute atomic E-state index is 0.575. The Balaban J connectivity index is 1.60. The van der Waals surface area contributed by atoms with Crippen LogP contribution in [0, 0.1) is 17.3 Å². The van der Waals surface area contributed by atoms with E-state index in [0.29, 0.717) is 11.5 Å². The molecule has 1 aliphatic heterocycles. The number of nitrogens with zero attached hydrogens (tertiary/aromatic N) is 1. The van der Waals surface area contributed by atoms with Crippen LogP contribution < -0.4 is 0 Å². The van der Waals surface area contributed by atoms with Gasteiger partial charge in [0.15, 0.2) is 0 Å². The molecule has 0 N–H and O–H groups in total. The molecule has 2 aliphatic rings. The van der Waals surface area contributed by atoms with Crippen LogP contribution in [-0.4, -0.2) is 37.2 Å². The molecule has 1 saturated heterocycles.